The van der Waals surface area contributed by atoms with Crippen LogP contribution < -0.4 is 0 Å². The maximum Gasteiger partial charge on any atom is 0.0876 e. The Labute approximate surface area is 178 Å². The fourth-order valence-electron chi connectivity index (χ4n) is 8.77. The van der Waals surface area contributed by atoms with Crippen molar-refractivity contribution >= 4 is 0 Å². The van der Waals surface area contributed by atoms with E-state index < -0.39 is 5.60 Å². The van der Waals surface area contributed by atoms with E-state index >= 15 is 0 Å². The molecule has 9 unspecified atom stereocenters. The van der Waals surface area contributed by atoms with Gasteiger partial charge in [-0.15, -0.1) is 6.58 Å². The highest BCUT2D eigenvalue weighted by molar-refractivity contribution is 5.25. The average molecular weight is 401 g/mol. The van der Waals surface area contributed by atoms with Crippen LogP contribution in [-0.2, 0) is 0 Å². The second kappa shape index (κ2) is 7.23. The van der Waals surface area contributed by atoms with Gasteiger partial charge in [0.25, 0.3) is 0 Å². The first-order valence-electron chi connectivity index (χ1n) is 12.3. The van der Waals surface area contributed by atoms with Crippen LogP contribution in [0.1, 0.15) is 86.0 Å². The molecule has 164 valence electrons. The van der Waals surface area contributed by atoms with Gasteiger partial charge < -0.3 is 10.2 Å². The van der Waals surface area contributed by atoms with Gasteiger partial charge in [-0.25, -0.2) is 0 Å². The lowest BCUT2D eigenvalue weighted by Crippen LogP contribution is -2.53. The van der Waals surface area contributed by atoms with Crippen LogP contribution in [0, 0.1) is 46.3 Å². The topological polar surface area (TPSA) is 40.5 Å². The van der Waals surface area contributed by atoms with Crippen LogP contribution in [0.25, 0.3) is 0 Å². The SMILES string of the molecule is C=CC(O)(C(C)C)C(C)C1CCC2C3CC=C4CC(O)CCC4(C)C3CCC21C. The van der Waals surface area contributed by atoms with E-state index in [0.29, 0.717) is 16.7 Å². The highest BCUT2D eigenvalue weighted by Gasteiger charge is 2.60. The molecule has 0 aliphatic heterocycles. The fourth-order valence-corrected chi connectivity index (χ4v) is 8.77. The molecule has 0 aromatic heterocycles. The van der Waals surface area contributed by atoms with Gasteiger partial charge in [-0.2, -0.15) is 0 Å². The Bertz CT molecular complexity index is 680. The van der Waals surface area contributed by atoms with Crippen molar-refractivity contribution < 1.29 is 10.2 Å². The molecule has 0 bridgehead atoms. The number of hydrogen-bond donors (Lipinski definition) is 2. The molecule has 0 heterocycles. The van der Waals surface area contributed by atoms with Crippen molar-refractivity contribution in [2.24, 2.45) is 46.3 Å². The van der Waals surface area contributed by atoms with Gasteiger partial charge >= 0.3 is 0 Å². The quantitative estimate of drug-likeness (QED) is 0.557. The molecule has 2 N–H and O–H groups in total. The monoisotopic (exact) mass is 400 g/mol. The van der Waals surface area contributed by atoms with Crippen molar-refractivity contribution in [2.45, 2.75) is 97.7 Å². The summed E-state index contributed by atoms with van der Waals surface area (Å²) in [6.07, 6.45) is 13.7. The van der Waals surface area contributed by atoms with Crippen LogP contribution >= 0.6 is 0 Å². The van der Waals surface area contributed by atoms with Crippen molar-refractivity contribution in [3.63, 3.8) is 0 Å². The van der Waals surface area contributed by atoms with Crippen molar-refractivity contribution in [1.29, 1.82) is 0 Å². The zero-order valence-electron chi connectivity index (χ0n) is 19.5. The molecule has 0 saturated heterocycles. The van der Waals surface area contributed by atoms with Crippen molar-refractivity contribution in [3.05, 3.63) is 24.3 Å². The Morgan fingerprint density at radius 2 is 1.83 bits per heavy atom. The average Bonchev–Trinajstić information content (AvgIpc) is 3.04. The number of hydrogen-bond acceptors (Lipinski definition) is 2. The first-order chi connectivity index (χ1) is 13.6. The fraction of sp³-hybridized carbons (Fsp3) is 0.852. The summed E-state index contributed by atoms with van der Waals surface area (Å²) in [6.45, 7) is 15.6. The van der Waals surface area contributed by atoms with Crippen LogP contribution in [0.5, 0.6) is 0 Å². The van der Waals surface area contributed by atoms with Crippen LogP contribution in [0.2, 0.25) is 0 Å². The lowest BCUT2D eigenvalue weighted by Gasteiger charge is -2.59. The minimum absolute atomic E-state index is 0.121. The molecule has 2 heteroatoms. The molecule has 0 amide bonds. The van der Waals surface area contributed by atoms with Crippen molar-refractivity contribution in [1.82, 2.24) is 0 Å². The molecule has 0 spiro atoms. The largest absolute Gasteiger partial charge is 0.393 e. The number of aliphatic hydroxyl groups is 2. The first-order valence-corrected chi connectivity index (χ1v) is 12.3. The predicted molar refractivity (Wildman–Crippen MR) is 120 cm³/mol. The summed E-state index contributed by atoms with van der Waals surface area (Å²) in [7, 11) is 0. The van der Waals surface area contributed by atoms with Gasteiger partial charge in [-0.1, -0.05) is 52.3 Å². The molecule has 4 aliphatic carbocycles. The van der Waals surface area contributed by atoms with E-state index in [9.17, 15) is 10.2 Å². The van der Waals surface area contributed by atoms with Gasteiger partial charge in [0, 0.05) is 0 Å². The second-order valence-electron chi connectivity index (χ2n) is 11.9. The van der Waals surface area contributed by atoms with Crippen LogP contribution in [0.15, 0.2) is 24.3 Å². The number of aliphatic hydroxyl groups excluding tert-OH is 1. The summed E-state index contributed by atoms with van der Waals surface area (Å²) in [4.78, 5) is 0. The molecular formula is C27H44O2. The smallest absolute Gasteiger partial charge is 0.0876 e. The third-order valence-electron chi connectivity index (χ3n) is 10.7. The van der Waals surface area contributed by atoms with E-state index in [1.807, 2.05) is 6.08 Å². The van der Waals surface area contributed by atoms with Crippen LogP contribution in [0.3, 0.4) is 0 Å². The zero-order valence-corrected chi connectivity index (χ0v) is 19.5. The molecule has 3 fully saturated rings. The highest BCUT2D eigenvalue weighted by atomic mass is 16.3. The number of allylic oxidation sites excluding steroid dienone is 1. The second-order valence-corrected chi connectivity index (χ2v) is 11.9. The Kier molecular flexibility index (Phi) is 5.39. The molecule has 4 rings (SSSR count). The third kappa shape index (κ3) is 3.03. The molecule has 4 aliphatic rings. The van der Waals surface area contributed by atoms with E-state index in [4.69, 9.17) is 0 Å². The molecule has 0 radical (unpaired) electrons. The first kappa shape index (κ1) is 21.6. The summed E-state index contributed by atoms with van der Waals surface area (Å²) in [5.41, 5.74) is 1.43. The van der Waals surface area contributed by atoms with Crippen LogP contribution in [0.4, 0.5) is 0 Å². The Morgan fingerprint density at radius 3 is 2.48 bits per heavy atom. The number of rotatable bonds is 4. The third-order valence-corrected chi connectivity index (χ3v) is 10.7. The predicted octanol–water partition coefficient (Wildman–Crippen LogP) is 6.14. The molecule has 2 nitrogen and oxygen atoms in total. The van der Waals surface area contributed by atoms with Crippen molar-refractivity contribution in [2.75, 3.05) is 0 Å². The number of fused-ring (bicyclic) bond motifs is 5. The van der Waals surface area contributed by atoms with E-state index in [2.05, 4.69) is 47.3 Å². The molecular weight excluding hydrogens is 356 g/mol. The van der Waals surface area contributed by atoms with Gasteiger partial charge in [0.1, 0.15) is 0 Å². The normalized spacial score (nSPS) is 47.4. The molecule has 0 aromatic rings. The Hall–Kier alpha value is -0.600. The summed E-state index contributed by atoms with van der Waals surface area (Å²) < 4.78 is 0. The van der Waals surface area contributed by atoms with E-state index in [0.717, 1.165) is 37.0 Å². The minimum atomic E-state index is -0.773. The van der Waals surface area contributed by atoms with Gasteiger partial charge in [0.05, 0.1) is 11.7 Å². The maximum atomic E-state index is 11.4. The lowest BCUT2D eigenvalue weighted by atomic mass is 9.46. The van der Waals surface area contributed by atoms with E-state index in [-0.39, 0.29) is 17.9 Å². The molecule has 3 saturated carbocycles. The van der Waals surface area contributed by atoms with Gasteiger partial charge in [-0.3, -0.25) is 0 Å². The molecule has 0 aromatic carbocycles. The summed E-state index contributed by atoms with van der Waals surface area (Å²) in [5, 5.41) is 21.6. The minimum Gasteiger partial charge on any atom is -0.393 e. The zero-order chi connectivity index (χ0) is 21.2. The van der Waals surface area contributed by atoms with E-state index in [1.54, 1.807) is 5.57 Å². The Balaban J connectivity index is 1.62. The van der Waals surface area contributed by atoms with Gasteiger partial charge in [-0.05, 0) is 97.7 Å². The standard InChI is InChI=1S/C27H44O2/c1-7-27(29,17(2)3)18(4)22-10-11-23-21-9-8-19-16-20(28)12-14-25(19,5)24(21)13-15-26(22,23)6/h7-8,17-18,20-24,28-29H,1,9-16H2,2-6H3. The summed E-state index contributed by atoms with van der Waals surface area (Å²) in [5.74, 6) is 3.36. The summed E-state index contributed by atoms with van der Waals surface area (Å²) >= 11 is 0. The van der Waals surface area contributed by atoms with Crippen LogP contribution in [-0.4, -0.2) is 21.9 Å². The highest BCUT2D eigenvalue weighted by Crippen LogP contribution is 2.67. The van der Waals surface area contributed by atoms with Gasteiger partial charge in [0.15, 0.2) is 0 Å². The lowest BCUT2D eigenvalue weighted by molar-refractivity contribution is -0.0913. The van der Waals surface area contributed by atoms with Crippen molar-refractivity contribution in [3.8, 4) is 0 Å². The molecule has 9 atom stereocenters. The Morgan fingerprint density at radius 1 is 1.10 bits per heavy atom. The van der Waals surface area contributed by atoms with E-state index in [1.165, 1.54) is 32.1 Å². The summed E-state index contributed by atoms with van der Waals surface area (Å²) in [6, 6.07) is 0. The maximum absolute atomic E-state index is 11.4. The molecule has 29 heavy (non-hydrogen) atoms. The van der Waals surface area contributed by atoms with Gasteiger partial charge in [0.2, 0.25) is 0 Å².